The van der Waals surface area contributed by atoms with Crippen molar-refractivity contribution in [2.45, 2.75) is 45.8 Å². The molecule has 128 valence electrons. The van der Waals surface area contributed by atoms with E-state index in [9.17, 15) is 18.0 Å². The Morgan fingerprint density at radius 2 is 1.87 bits per heavy atom. The van der Waals surface area contributed by atoms with Crippen molar-refractivity contribution < 1.29 is 18.0 Å². The maximum atomic E-state index is 12.5. The lowest BCUT2D eigenvalue weighted by molar-refractivity contribution is -0.140. The second-order valence-corrected chi connectivity index (χ2v) is 5.69. The van der Waals surface area contributed by atoms with Crippen LogP contribution < -0.4 is 0 Å². The molecule has 7 heteroatoms. The van der Waals surface area contributed by atoms with Gasteiger partial charge in [0.15, 0.2) is 0 Å². The van der Waals surface area contributed by atoms with E-state index < -0.39 is 25.0 Å². The van der Waals surface area contributed by atoms with E-state index in [2.05, 4.69) is 4.99 Å². The van der Waals surface area contributed by atoms with Gasteiger partial charge in [0, 0.05) is 30.1 Å². The molecule has 1 aromatic carbocycles. The Bertz CT molecular complexity index is 555. The van der Waals surface area contributed by atoms with Gasteiger partial charge in [-0.05, 0) is 37.6 Å². The summed E-state index contributed by atoms with van der Waals surface area (Å²) in [5.74, 6) is -0.237. The van der Waals surface area contributed by atoms with E-state index in [1.165, 1.54) is 6.92 Å². The highest BCUT2D eigenvalue weighted by Crippen LogP contribution is 2.21. The van der Waals surface area contributed by atoms with Crippen molar-refractivity contribution in [3.8, 4) is 0 Å². The van der Waals surface area contributed by atoms with Crippen LogP contribution in [0.4, 0.5) is 13.2 Å². The predicted octanol–water partition coefficient (Wildman–Crippen LogP) is 4.69. The van der Waals surface area contributed by atoms with Crippen molar-refractivity contribution in [3.63, 3.8) is 0 Å². The summed E-state index contributed by atoms with van der Waals surface area (Å²) in [6, 6.07) is 6.41. The second-order valence-electron chi connectivity index (χ2n) is 5.25. The molecule has 0 heterocycles. The highest BCUT2D eigenvalue weighted by Gasteiger charge is 2.30. The van der Waals surface area contributed by atoms with Gasteiger partial charge in [0.2, 0.25) is 5.91 Å². The lowest BCUT2D eigenvalue weighted by Gasteiger charge is -2.25. The summed E-state index contributed by atoms with van der Waals surface area (Å²) in [5, 5.41) is 0.501. The Morgan fingerprint density at radius 3 is 2.30 bits per heavy atom. The topological polar surface area (TPSA) is 32.7 Å². The van der Waals surface area contributed by atoms with Crippen LogP contribution >= 0.6 is 11.6 Å². The molecule has 0 aliphatic carbocycles. The van der Waals surface area contributed by atoms with Crippen LogP contribution in [0, 0.1) is 0 Å². The standard InChI is InChI=1S/C16H20ClF3N2O/c1-4-11(2)21-15(13-5-7-14(17)8-6-13)22(12(3)23)10-9-16(18,19)20/h5-8,11H,4,9-10H2,1-3H3. The molecule has 0 spiro atoms. The van der Waals surface area contributed by atoms with Gasteiger partial charge >= 0.3 is 6.18 Å². The fourth-order valence-electron chi connectivity index (χ4n) is 1.85. The molecule has 1 amide bonds. The van der Waals surface area contributed by atoms with Gasteiger partial charge in [0.05, 0.1) is 6.42 Å². The van der Waals surface area contributed by atoms with Crippen LogP contribution in [0.3, 0.4) is 0 Å². The predicted molar refractivity (Wildman–Crippen MR) is 85.8 cm³/mol. The van der Waals surface area contributed by atoms with Gasteiger partial charge in [-0.25, -0.2) is 0 Å². The molecular formula is C16H20ClF3N2O. The average Bonchev–Trinajstić information content (AvgIpc) is 2.45. The van der Waals surface area contributed by atoms with Crippen LogP contribution in [0.5, 0.6) is 0 Å². The first kappa shape index (κ1) is 19.5. The lowest BCUT2D eigenvalue weighted by atomic mass is 10.1. The summed E-state index contributed by atoms with van der Waals surface area (Å²) < 4.78 is 37.6. The summed E-state index contributed by atoms with van der Waals surface area (Å²) in [6.45, 7) is 4.54. The van der Waals surface area contributed by atoms with E-state index in [4.69, 9.17) is 11.6 Å². The first-order chi connectivity index (χ1) is 10.6. The Hall–Kier alpha value is -1.56. The first-order valence-electron chi connectivity index (χ1n) is 7.32. The summed E-state index contributed by atoms with van der Waals surface area (Å²) >= 11 is 5.84. The number of carbonyl (C=O) groups is 1. The monoisotopic (exact) mass is 348 g/mol. The minimum Gasteiger partial charge on any atom is -0.297 e. The normalized spacial score (nSPS) is 13.8. The van der Waals surface area contributed by atoms with Crippen molar-refractivity contribution in [2.75, 3.05) is 6.54 Å². The molecule has 0 aromatic heterocycles. The number of alkyl halides is 3. The number of hydrogen-bond acceptors (Lipinski definition) is 2. The molecule has 0 aliphatic rings. The molecule has 0 saturated heterocycles. The van der Waals surface area contributed by atoms with Crippen LogP contribution in [-0.4, -0.2) is 35.4 Å². The Kier molecular flexibility index (Phi) is 7.06. The van der Waals surface area contributed by atoms with Gasteiger partial charge < -0.3 is 0 Å². The number of carbonyl (C=O) groups excluding carboxylic acids is 1. The van der Waals surface area contributed by atoms with Gasteiger partial charge in [0.1, 0.15) is 5.84 Å². The van der Waals surface area contributed by atoms with Crippen molar-refractivity contribution in [2.24, 2.45) is 4.99 Å². The van der Waals surface area contributed by atoms with E-state index in [1.807, 2.05) is 13.8 Å². The number of hydrogen-bond donors (Lipinski definition) is 0. The highest BCUT2D eigenvalue weighted by atomic mass is 35.5. The van der Waals surface area contributed by atoms with Crippen LogP contribution in [0.25, 0.3) is 0 Å². The van der Waals surface area contributed by atoms with Gasteiger partial charge in [-0.2, -0.15) is 13.2 Å². The zero-order chi connectivity index (χ0) is 17.6. The second kappa shape index (κ2) is 8.34. The number of aliphatic imine (C=N–C) groups is 1. The summed E-state index contributed by atoms with van der Waals surface area (Å²) in [4.78, 5) is 17.4. The minimum atomic E-state index is -4.34. The molecule has 1 unspecified atom stereocenters. The zero-order valence-electron chi connectivity index (χ0n) is 13.3. The third-order valence-corrected chi connectivity index (χ3v) is 3.54. The maximum absolute atomic E-state index is 12.5. The number of benzene rings is 1. The molecule has 3 nitrogen and oxygen atoms in total. The van der Waals surface area contributed by atoms with E-state index in [1.54, 1.807) is 24.3 Å². The number of halogens is 4. The number of rotatable bonds is 5. The van der Waals surface area contributed by atoms with E-state index in [-0.39, 0.29) is 11.9 Å². The molecule has 0 N–H and O–H groups in total. The first-order valence-corrected chi connectivity index (χ1v) is 7.70. The van der Waals surface area contributed by atoms with E-state index in [0.717, 1.165) is 4.90 Å². The molecule has 0 bridgehead atoms. The third kappa shape index (κ3) is 6.60. The van der Waals surface area contributed by atoms with Gasteiger partial charge in [-0.15, -0.1) is 0 Å². The largest absolute Gasteiger partial charge is 0.390 e. The molecule has 0 radical (unpaired) electrons. The third-order valence-electron chi connectivity index (χ3n) is 3.29. The van der Waals surface area contributed by atoms with Gasteiger partial charge in [-0.1, -0.05) is 18.5 Å². The fraction of sp³-hybridized carbons (Fsp3) is 0.500. The molecule has 1 rings (SSSR count). The average molecular weight is 349 g/mol. The molecular weight excluding hydrogens is 329 g/mol. The van der Waals surface area contributed by atoms with E-state index in [0.29, 0.717) is 17.0 Å². The Balaban J connectivity index is 3.20. The molecule has 0 fully saturated rings. The van der Waals surface area contributed by atoms with Crippen molar-refractivity contribution in [1.29, 1.82) is 0 Å². The van der Waals surface area contributed by atoms with Crippen LogP contribution in [0.2, 0.25) is 5.02 Å². The number of amides is 1. The molecule has 1 atom stereocenters. The van der Waals surface area contributed by atoms with Gasteiger partial charge in [-0.3, -0.25) is 14.7 Å². The number of nitrogens with zero attached hydrogens (tertiary/aromatic N) is 2. The lowest BCUT2D eigenvalue weighted by Crippen LogP contribution is -2.39. The number of amidine groups is 1. The Labute approximate surface area is 139 Å². The SMILES string of the molecule is CCC(C)N=C(c1ccc(Cl)cc1)N(CCC(F)(F)F)C(C)=O. The minimum absolute atomic E-state index is 0.117. The molecule has 0 saturated carbocycles. The van der Waals surface area contributed by atoms with Crippen LogP contribution in [0.15, 0.2) is 29.3 Å². The van der Waals surface area contributed by atoms with Crippen molar-refractivity contribution in [1.82, 2.24) is 4.90 Å². The van der Waals surface area contributed by atoms with Crippen molar-refractivity contribution >= 4 is 23.3 Å². The maximum Gasteiger partial charge on any atom is 0.390 e. The van der Waals surface area contributed by atoms with Crippen LogP contribution in [0.1, 0.15) is 39.2 Å². The zero-order valence-corrected chi connectivity index (χ0v) is 14.1. The summed E-state index contributed by atoms with van der Waals surface area (Å²) in [6.07, 6.45) is -4.71. The molecule has 0 aliphatic heterocycles. The summed E-state index contributed by atoms with van der Waals surface area (Å²) in [7, 11) is 0. The van der Waals surface area contributed by atoms with Gasteiger partial charge in [0.25, 0.3) is 0 Å². The van der Waals surface area contributed by atoms with Crippen molar-refractivity contribution in [3.05, 3.63) is 34.9 Å². The Morgan fingerprint density at radius 1 is 1.30 bits per heavy atom. The molecule has 23 heavy (non-hydrogen) atoms. The molecule has 1 aromatic rings. The summed E-state index contributed by atoms with van der Waals surface area (Å²) in [5.41, 5.74) is 0.562. The van der Waals surface area contributed by atoms with E-state index >= 15 is 0 Å². The quantitative estimate of drug-likeness (QED) is 0.561. The smallest absolute Gasteiger partial charge is 0.297 e. The van der Waals surface area contributed by atoms with Crippen LogP contribution in [-0.2, 0) is 4.79 Å². The fourth-order valence-corrected chi connectivity index (χ4v) is 1.98. The highest BCUT2D eigenvalue weighted by molar-refractivity contribution is 6.30.